The number of piperidine rings is 1. The summed E-state index contributed by atoms with van der Waals surface area (Å²) in [4.78, 5) is 0. The number of hydroxylamine groups is 2. The van der Waals surface area contributed by atoms with Gasteiger partial charge < -0.3 is 20.5 Å². The van der Waals surface area contributed by atoms with Crippen LogP contribution in [-0.2, 0) is 0 Å². The zero-order valence-electron chi connectivity index (χ0n) is 12.5. The van der Waals surface area contributed by atoms with Gasteiger partial charge in [0.15, 0.2) is 0 Å². The second-order valence-corrected chi connectivity index (χ2v) is 6.52. The van der Waals surface area contributed by atoms with Crippen molar-refractivity contribution < 1.29 is 20.5 Å². The van der Waals surface area contributed by atoms with Crippen molar-refractivity contribution >= 4 is 0 Å². The zero-order valence-corrected chi connectivity index (χ0v) is 12.5. The first kappa shape index (κ1) is 16.8. The van der Waals surface area contributed by atoms with Crippen molar-refractivity contribution in [2.45, 2.75) is 57.7 Å². The maximum Gasteiger partial charge on any atom is 0.115 e. The van der Waals surface area contributed by atoms with Crippen molar-refractivity contribution in [2.24, 2.45) is 0 Å². The average molecular weight is 283 g/mol. The monoisotopic (exact) mass is 283 g/mol. The summed E-state index contributed by atoms with van der Waals surface area (Å²) < 4.78 is 0. The van der Waals surface area contributed by atoms with Crippen LogP contribution in [0.1, 0.15) is 40.5 Å². The van der Waals surface area contributed by atoms with E-state index >= 15 is 0 Å². The first-order valence-corrected chi connectivity index (χ1v) is 6.70. The van der Waals surface area contributed by atoms with E-state index in [1.54, 1.807) is 0 Å². The Labute approximate surface area is 120 Å². The van der Waals surface area contributed by atoms with Gasteiger partial charge in [0, 0.05) is 11.1 Å². The zero-order chi connectivity index (χ0) is 15.6. The van der Waals surface area contributed by atoms with E-state index in [0.29, 0.717) is 12.8 Å². The SMILES string of the molecule is CC1(C)CC(O)CC(C)(C)N1O.Oc1ccc(O)cc1. The van der Waals surface area contributed by atoms with Crippen molar-refractivity contribution in [2.75, 3.05) is 0 Å². The van der Waals surface area contributed by atoms with E-state index in [1.807, 2.05) is 27.7 Å². The molecule has 5 nitrogen and oxygen atoms in total. The van der Waals surface area contributed by atoms with Crippen LogP contribution < -0.4 is 0 Å². The Morgan fingerprint density at radius 2 is 1.20 bits per heavy atom. The summed E-state index contributed by atoms with van der Waals surface area (Å²) in [7, 11) is 0. The molecule has 0 radical (unpaired) electrons. The number of aliphatic hydroxyl groups is 1. The molecule has 4 N–H and O–H groups in total. The molecular weight excluding hydrogens is 258 g/mol. The molecule has 0 unspecified atom stereocenters. The maximum absolute atomic E-state index is 9.80. The van der Waals surface area contributed by atoms with Crippen LogP contribution in [0, 0.1) is 0 Å². The third kappa shape index (κ3) is 4.37. The second-order valence-electron chi connectivity index (χ2n) is 6.52. The van der Waals surface area contributed by atoms with Gasteiger partial charge >= 0.3 is 0 Å². The predicted molar refractivity (Wildman–Crippen MR) is 76.8 cm³/mol. The van der Waals surface area contributed by atoms with E-state index in [0.717, 1.165) is 0 Å². The van der Waals surface area contributed by atoms with Crippen molar-refractivity contribution in [3.8, 4) is 11.5 Å². The summed E-state index contributed by atoms with van der Waals surface area (Å²) in [6.07, 6.45) is 0.971. The molecular formula is C15H25NO4. The van der Waals surface area contributed by atoms with Crippen LogP contribution in [0.3, 0.4) is 0 Å². The van der Waals surface area contributed by atoms with Gasteiger partial charge in [0.2, 0.25) is 0 Å². The minimum atomic E-state index is -0.318. The molecule has 0 bridgehead atoms. The molecule has 1 saturated heterocycles. The van der Waals surface area contributed by atoms with Gasteiger partial charge in [-0.1, -0.05) is 0 Å². The second kappa shape index (κ2) is 5.99. The molecule has 0 spiro atoms. The molecule has 0 atom stereocenters. The lowest BCUT2D eigenvalue weighted by Gasteiger charge is -2.50. The van der Waals surface area contributed by atoms with Gasteiger partial charge in [-0.2, -0.15) is 5.06 Å². The number of nitrogens with zero attached hydrogens (tertiary/aromatic N) is 1. The lowest BCUT2D eigenvalue weighted by Crippen LogP contribution is -2.60. The van der Waals surface area contributed by atoms with Crippen LogP contribution in [-0.4, -0.2) is 42.8 Å². The smallest absolute Gasteiger partial charge is 0.115 e. The number of phenols is 2. The minimum absolute atomic E-state index is 0.169. The van der Waals surface area contributed by atoms with Gasteiger partial charge in [0.25, 0.3) is 0 Å². The van der Waals surface area contributed by atoms with E-state index in [4.69, 9.17) is 10.2 Å². The van der Waals surface area contributed by atoms with Gasteiger partial charge in [-0.15, -0.1) is 0 Å². The molecule has 1 aromatic carbocycles. The van der Waals surface area contributed by atoms with E-state index in [1.165, 1.54) is 29.3 Å². The fourth-order valence-electron chi connectivity index (χ4n) is 2.67. The molecule has 0 amide bonds. The molecule has 1 aliphatic rings. The normalized spacial score (nSPS) is 21.9. The van der Waals surface area contributed by atoms with Crippen LogP contribution in [0.5, 0.6) is 11.5 Å². The third-order valence-electron chi connectivity index (χ3n) is 3.47. The molecule has 1 aromatic rings. The van der Waals surface area contributed by atoms with Gasteiger partial charge in [0.1, 0.15) is 11.5 Å². The highest BCUT2D eigenvalue weighted by Crippen LogP contribution is 2.36. The van der Waals surface area contributed by atoms with Crippen LogP contribution in [0.25, 0.3) is 0 Å². The number of hydrogen-bond acceptors (Lipinski definition) is 5. The molecule has 2 rings (SSSR count). The van der Waals surface area contributed by atoms with E-state index < -0.39 is 0 Å². The Bertz CT molecular complexity index is 389. The quantitative estimate of drug-likeness (QED) is 0.550. The van der Waals surface area contributed by atoms with Crippen molar-refractivity contribution in [1.29, 1.82) is 0 Å². The van der Waals surface area contributed by atoms with Crippen molar-refractivity contribution in [3.63, 3.8) is 0 Å². The Morgan fingerprint density at radius 3 is 1.50 bits per heavy atom. The molecule has 0 aromatic heterocycles. The molecule has 20 heavy (non-hydrogen) atoms. The Kier molecular flexibility index (Phi) is 5.02. The lowest BCUT2D eigenvalue weighted by atomic mass is 9.80. The van der Waals surface area contributed by atoms with Crippen LogP contribution in [0.2, 0.25) is 0 Å². The Hall–Kier alpha value is -1.30. The molecule has 1 aliphatic heterocycles. The number of phenolic OH excluding ortho intramolecular Hbond substituents is 2. The fourth-order valence-corrected chi connectivity index (χ4v) is 2.67. The third-order valence-corrected chi connectivity index (χ3v) is 3.47. The molecule has 1 heterocycles. The van der Waals surface area contributed by atoms with Crippen molar-refractivity contribution in [1.82, 2.24) is 5.06 Å². The Morgan fingerprint density at radius 1 is 0.900 bits per heavy atom. The van der Waals surface area contributed by atoms with Gasteiger partial charge in [0.05, 0.1) is 6.10 Å². The largest absolute Gasteiger partial charge is 0.508 e. The molecule has 114 valence electrons. The van der Waals surface area contributed by atoms with Gasteiger partial charge in [-0.25, -0.2) is 0 Å². The van der Waals surface area contributed by atoms with Crippen LogP contribution in [0.15, 0.2) is 24.3 Å². The highest BCUT2D eigenvalue weighted by atomic mass is 16.5. The van der Waals surface area contributed by atoms with E-state index in [2.05, 4.69) is 0 Å². The summed E-state index contributed by atoms with van der Waals surface area (Å²) in [5, 5.41) is 38.0. The number of aliphatic hydroxyl groups excluding tert-OH is 1. The fraction of sp³-hybridized carbons (Fsp3) is 0.600. The topological polar surface area (TPSA) is 84.2 Å². The predicted octanol–water partition coefficient (Wildman–Crippen LogP) is 2.49. The summed E-state index contributed by atoms with van der Waals surface area (Å²) in [6, 6.07) is 5.70. The van der Waals surface area contributed by atoms with Gasteiger partial charge in [-0.05, 0) is 64.8 Å². The van der Waals surface area contributed by atoms with Crippen molar-refractivity contribution in [3.05, 3.63) is 24.3 Å². The first-order valence-electron chi connectivity index (χ1n) is 6.70. The molecule has 0 saturated carbocycles. The van der Waals surface area contributed by atoms with Crippen LogP contribution >= 0.6 is 0 Å². The number of rotatable bonds is 0. The first-order chi connectivity index (χ1) is 9.04. The highest BCUT2D eigenvalue weighted by Gasteiger charge is 2.44. The summed E-state index contributed by atoms with van der Waals surface area (Å²) in [6.45, 7) is 7.77. The Balaban J connectivity index is 0.000000217. The van der Waals surface area contributed by atoms with E-state index in [-0.39, 0.29) is 28.7 Å². The standard InChI is InChI=1S/C9H19NO2.C6H6O2/c1-8(2)5-7(11)6-9(3,4)10(8)12;7-5-1-2-6(8)4-3-5/h7,11-12H,5-6H2,1-4H3;1-4,7-8H. The minimum Gasteiger partial charge on any atom is -0.508 e. The molecule has 0 aliphatic carbocycles. The van der Waals surface area contributed by atoms with Crippen LogP contribution in [0.4, 0.5) is 0 Å². The average Bonchev–Trinajstić information content (AvgIpc) is 2.30. The molecule has 5 heteroatoms. The summed E-state index contributed by atoms with van der Waals surface area (Å²) in [5.74, 6) is 0.339. The number of benzene rings is 1. The maximum atomic E-state index is 9.80. The lowest BCUT2D eigenvalue weighted by molar-refractivity contribution is -0.257. The highest BCUT2D eigenvalue weighted by molar-refractivity contribution is 5.28. The van der Waals surface area contributed by atoms with E-state index in [9.17, 15) is 10.3 Å². The number of aromatic hydroxyl groups is 2. The van der Waals surface area contributed by atoms with Gasteiger partial charge in [-0.3, -0.25) is 0 Å². The summed E-state index contributed by atoms with van der Waals surface area (Å²) >= 11 is 0. The number of hydrogen-bond donors (Lipinski definition) is 4. The molecule has 1 fully saturated rings. The summed E-state index contributed by atoms with van der Waals surface area (Å²) in [5.41, 5.74) is -0.637.